The second kappa shape index (κ2) is 3.02. The zero-order valence-corrected chi connectivity index (χ0v) is 7.47. The quantitative estimate of drug-likeness (QED) is 0.507. The molecule has 14 heavy (non-hydrogen) atoms. The van der Waals surface area contributed by atoms with Crippen molar-refractivity contribution in [2.24, 2.45) is 0 Å². The van der Waals surface area contributed by atoms with Crippen LogP contribution in [-0.4, -0.2) is 14.9 Å². The molecule has 0 saturated heterocycles. The van der Waals surface area contributed by atoms with Gasteiger partial charge in [-0.15, -0.1) is 0 Å². The van der Waals surface area contributed by atoms with Gasteiger partial charge in [-0.25, -0.2) is 9.97 Å². The smallest absolute Gasteiger partial charge is 0.258 e. The monoisotopic (exact) mass is 189 g/mol. The summed E-state index contributed by atoms with van der Waals surface area (Å²) in [4.78, 5) is 18.1. The molecule has 0 N–H and O–H groups in total. The SMILES string of the molecule is Cc1ncnc2ccc([N+](=O)[O-])cc12. The average Bonchev–Trinajstić information content (AvgIpc) is 2.18. The minimum atomic E-state index is -0.425. The lowest BCUT2D eigenvalue weighted by Crippen LogP contribution is -1.91. The number of hydrogen-bond donors (Lipinski definition) is 0. The van der Waals surface area contributed by atoms with Crippen molar-refractivity contribution in [3.8, 4) is 0 Å². The Balaban J connectivity index is 2.76. The summed E-state index contributed by atoms with van der Waals surface area (Å²) in [5.41, 5.74) is 1.54. The molecule has 0 fully saturated rings. The van der Waals surface area contributed by atoms with Crippen molar-refractivity contribution in [2.75, 3.05) is 0 Å². The Morgan fingerprint density at radius 1 is 1.36 bits per heavy atom. The van der Waals surface area contributed by atoms with Crippen LogP contribution in [0.3, 0.4) is 0 Å². The first-order valence-electron chi connectivity index (χ1n) is 4.04. The van der Waals surface area contributed by atoms with Crippen LogP contribution in [-0.2, 0) is 0 Å². The molecular weight excluding hydrogens is 182 g/mol. The Labute approximate surface area is 79.6 Å². The topological polar surface area (TPSA) is 68.9 Å². The van der Waals surface area contributed by atoms with Crippen LogP contribution in [0.5, 0.6) is 0 Å². The van der Waals surface area contributed by atoms with Crippen LogP contribution in [0, 0.1) is 17.0 Å². The molecule has 0 unspecified atom stereocenters. The summed E-state index contributed by atoms with van der Waals surface area (Å²) in [5.74, 6) is 0. The number of benzene rings is 1. The molecule has 1 aromatic heterocycles. The van der Waals surface area contributed by atoms with Crippen LogP contribution in [0.2, 0.25) is 0 Å². The maximum absolute atomic E-state index is 10.5. The molecule has 0 radical (unpaired) electrons. The third kappa shape index (κ3) is 1.28. The lowest BCUT2D eigenvalue weighted by molar-refractivity contribution is -0.384. The number of nitro groups is 1. The van der Waals surface area contributed by atoms with E-state index in [0.29, 0.717) is 0 Å². The van der Waals surface area contributed by atoms with E-state index in [-0.39, 0.29) is 5.69 Å². The van der Waals surface area contributed by atoms with Gasteiger partial charge in [-0.05, 0) is 13.0 Å². The Morgan fingerprint density at radius 2 is 2.14 bits per heavy atom. The highest BCUT2D eigenvalue weighted by atomic mass is 16.6. The first kappa shape index (κ1) is 8.55. The maximum Gasteiger partial charge on any atom is 0.270 e. The number of aromatic nitrogens is 2. The molecule has 0 saturated carbocycles. The third-order valence-corrected chi connectivity index (χ3v) is 2.03. The van der Waals surface area contributed by atoms with Gasteiger partial charge in [0.1, 0.15) is 6.33 Å². The van der Waals surface area contributed by atoms with Gasteiger partial charge in [-0.3, -0.25) is 10.1 Å². The zero-order chi connectivity index (χ0) is 10.1. The molecule has 2 aromatic rings. The van der Waals surface area contributed by atoms with E-state index < -0.39 is 4.92 Å². The van der Waals surface area contributed by atoms with Crippen LogP contribution < -0.4 is 0 Å². The first-order valence-corrected chi connectivity index (χ1v) is 4.04. The van der Waals surface area contributed by atoms with Gasteiger partial charge in [-0.2, -0.15) is 0 Å². The van der Waals surface area contributed by atoms with E-state index in [1.807, 2.05) is 0 Å². The predicted molar refractivity (Wildman–Crippen MR) is 50.9 cm³/mol. The van der Waals surface area contributed by atoms with Gasteiger partial charge in [0.15, 0.2) is 0 Å². The van der Waals surface area contributed by atoms with Gasteiger partial charge in [0.05, 0.1) is 10.4 Å². The van der Waals surface area contributed by atoms with Gasteiger partial charge in [0.25, 0.3) is 5.69 Å². The van der Waals surface area contributed by atoms with Crippen molar-refractivity contribution in [1.29, 1.82) is 0 Å². The van der Waals surface area contributed by atoms with Gasteiger partial charge >= 0.3 is 0 Å². The Kier molecular flexibility index (Phi) is 1.85. The largest absolute Gasteiger partial charge is 0.270 e. The Morgan fingerprint density at radius 3 is 2.86 bits per heavy atom. The molecule has 1 heterocycles. The summed E-state index contributed by atoms with van der Waals surface area (Å²) < 4.78 is 0. The van der Waals surface area contributed by atoms with E-state index in [2.05, 4.69) is 9.97 Å². The fourth-order valence-corrected chi connectivity index (χ4v) is 1.29. The van der Waals surface area contributed by atoms with E-state index in [0.717, 1.165) is 16.6 Å². The zero-order valence-electron chi connectivity index (χ0n) is 7.47. The molecule has 5 nitrogen and oxygen atoms in total. The number of hydrogen-bond acceptors (Lipinski definition) is 4. The molecule has 0 amide bonds. The fourth-order valence-electron chi connectivity index (χ4n) is 1.29. The number of nitro benzene ring substituents is 1. The minimum Gasteiger partial charge on any atom is -0.258 e. The van der Waals surface area contributed by atoms with E-state index in [4.69, 9.17) is 0 Å². The van der Waals surface area contributed by atoms with Crippen molar-refractivity contribution >= 4 is 16.6 Å². The molecule has 0 bridgehead atoms. The Bertz CT molecular complexity index is 510. The van der Waals surface area contributed by atoms with E-state index in [1.165, 1.54) is 18.5 Å². The molecule has 0 atom stereocenters. The molecule has 1 aromatic carbocycles. The number of rotatable bonds is 1. The first-order chi connectivity index (χ1) is 6.68. The van der Waals surface area contributed by atoms with Gasteiger partial charge in [-0.1, -0.05) is 0 Å². The van der Waals surface area contributed by atoms with Crippen LogP contribution >= 0.6 is 0 Å². The van der Waals surface area contributed by atoms with Gasteiger partial charge in [0, 0.05) is 23.2 Å². The van der Waals surface area contributed by atoms with Gasteiger partial charge < -0.3 is 0 Å². The lowest BCUT2D eigenvalue weighted by atomic mass is 10.2. The summed E-state index contributed by atoms with van der Waals surface area (Å²) in [7, 11) is 0. The molecule has 2 rings (SSSR count). The van der Waals surface area contributed by atoms with Gasteiger partial charge in [0.2, 0.25) is 0 Å². The standard InChI is InChI=1S/C9H7N3O2/c1-6-8-4-7(12(13)14)2-3-9(8)11-5-10-6/h2-5H,1H3. The highest BCUT2D eigenvalue weighted by Gasteiger charge is 2.07. The van der Waals surface area contributed by atoms with E-state index >= 15 is 0 Å². The third-order valence-electron chi connectivity index (χ3n) is 2.03. The van der Waals surface area contributed by atoms with Crippen molar-refractivity contribution in [3.63, 3.8) is 0 Å². The maximum atomic E-state index is 10.5. The molecule has 5 heteroatoms. The average molecular weight is 189 g/mol. The number of non-ortho nitro benzene ring substituents is 1. The van der Waals surface area contributed by atoms with Crippen LogP contribution in [0.1, 0.15) is 5.69 Å². The highest BCUT2D eigenvalue weighted by molar-refractivity contribution is 5.82. The second-order valence-electron chi connectivity index (χ2n) is 2.92. The van der Waals surface area contributed by atoms with Crippen LogP contribution in [0.25, 0.3) is 10.9 Å². The second-order valence-corrected chi connectivity index (χ2v) is 2.92. The summed E-state index contributed by atoms with van der Waals surface area (Å²) in [6.07, 6.45) is 1.45. The predicted octanol–water partition coefficient (Wildman–Crippen LogP) is 1.85. The fraction of sp³-hybridized carbons (Fsp3) is 0.111. The van der Waals surface area contributed by atoms with E-state index in [1.54, 1.807) is 13.0 Å². The summed E-state index contributed by atoms with van der Waals surface area (Å²) in [5, 5.41) is 11.2. The summed E-state index contributed by atoms with van der Waals surface area (Å²) in [6, 6.07) is 4.56. The van der Waals surface area contributed by atoms with Crippen LogP contribution in [0.15, 0.2) is 24.5 Å². The molecule has 0 aliphatic heterocycles. The van der Waals surface area contributed by atoms with Crippen molar-refractivity contribution in [1.82, 2.24) is 9.97 Å². The summed E-state index contributed by atoms with van der Waals surface area (Å²) >= 11 is 0. The summed E-state index contributed by atoms with van der Waals surface area (Å²) in [6.45, 7) is 1.80. The lowest BCUT2D eigenvalue weighted by Gasteiger charge is -1.98. The van der Waals surface area contributed by atoms with E-state index in [9.17, 15) is 10.1 Å². The normalized spacial score (nSPS) is 10.4. The number of aryl methyl sites for hydroxylation is 1. The number of fused-ring (bicyclic) bond motifs is 1. The van der Waals surface area contributed by atoms with Crippen LogP contribution in [0.4, 0.5) is 5.69 Å². The Hall–Kier alpha value is -2.04. The molecule has 0 aliphatic carbocycles. The van der Waals surface area contributed by atoms with Crippen molar-refractivity contribution in [2.45, 2.75) is 6.92 Å². The minimum absolute atomic E-state index is 0.0652. The molecule has 0 aliphatic rings. The number of nitrogens with zero attached hydrogens (tertiary/aromatic N) is 3. The highest BCUT2D eigenvalue weighted by Crippen LogP contribution is 2.20. The molecule has 70 valence electrons. The molecule has 0 spiro atoms. The van der Waals surface area contributed by atoms with Crippen molar-refractivity contribution in [3.05, 3.63) is 40.3 Å². The molecular formula is C9H7N3O2. The van der Waals surface area contributed by atoms with Crippen molar-refractivity contribution < 1.29 is 4.92 Å².